The van der Waals surface area contributed by atoms with Gasteiger partial charge in [0, 0.05) is 0 Å². The average molecular weight is 193 g/mol. The fourth-order valence-electron chi connectivity index (χ4n) is 0.464. The molecule has 4 heteroatoms. The van der Waals surface area contributed by atoms with Gasteiger partial charge < -0.3 is 14.3 Å². The second kappa shape index (κ2) is 5.13. The Labute approximate surface area is 75.8 Å². The Kier molecular flexibility index (Phi) is 5.26. The van der Waals surface area contributed by atoms with E-state index in [9.17, 15) is 0 Å². The molecular weight excluding hydrogens is 175 g/mol. The van der Waals surface area contributed by atoms with Gasteiger partial charge in [0.15, 0.2) is 0 Å². The van der Waals surface area contributed by atoms with Gasteiger partial charge in [0.05, 0.1) is 5.60 Å². The topological polar surface area (TPSA) is 49.7 Å². The van der Waals surface area contributed by atoms with E-state index in [-0.39, 0.29) is 5.60 Å². The number of hydrogen-bond acceptors (Lipinski definition) is 3. The van der Waals surface area contributed by atoms with Crippen molar-refractivity contribution in [2.45, 2.75) is 46.1 Å². The van der Waals surface area contributed by atoms with Gasteiger partial charge in [-0.2, -0.15) is 0 Å². The molecule has 1 aliphatic rings. The Morgan fingerprint density at radius 3 is 1.67 bits per heavy atom. The molecule has 2 N–H and O–H groups in total. The van der Waals surface area contributed by atoms with E-state index >= 15 is 0 Å². The molecule has 0 amide bonds. The molecule has 1 rings (SSSR count). The highest BCUT2D eigenvalue weighted by molar-refractivity contribution is 7.39. The van der Waals surface area contributed by atoms with Crippen molar-refractivity contribution in [1.29, 1.82) is 0 Å². The minimum absolute atomic E-state index is 0.199. The lowest BCUT2D eigenvalue weighted by molar-refractivity contribution is 0.167. The average Bonchev–Trinajstić information content (AvgIpc) is 2.42. The van der Waals surface area contributed by atoms with Crippen molar-refractivity contribution in [2.75, 3.05) is 0 Å². The van der Waals surface area contributed by atoms with Crippen LogP contribution in [0.3, 0.4) is 0 Å². The highest BCUT2D eigenvalue weighted by Gasteiger charge is 2.40. The molecule has 1 aliphatic carbocycles. The predicted octanol–water partition coefficient (Wildman–Crippen LogP) is 2.39. The molecule has 0 spiro atoms. The van der Waals surface area contributed by atoms with E-state index in [2.05, 4.69) is 20.8 Å². The smallest absolute Gasteiger partial charge is 0.327 e. The van der Waals surface area contributed by atoms with Crippen LogP contribution in [0, 0.1) is 5.92 Å². The summed E-state index contributed by atoms with van der Waals surface area (Å²) < 4.78 is 4.72. The lowest BCUT2D eigenvalue weighted by Crippen LogP contribution is -2.02. The quantitative estimate of drug-likeness (QED) is 0.662. The molecule has 0 aromatic rings. The standard InChI is InChI=1S/C4H9O3P.C4H9/c1-4(2-3-4)7-8(5)6;1-4(2)3/h5-6H,2-3H2,1H3;1-3H3. The molecule has 0 heterocycles. The molecule has 73 valence electrons. The first kappa shape index (κ1) is 12.3. The maximum atomic E-state index is 8.33. The molecule has 1 fully saturated rings. The van der Waals surface area contributed by atoms with Crippen molar-refractivity contribution in [2.24, 2.45) is 0 Å². The fraction of sp³-hybridized carbons (Fsp3) is 0.875. The number of rotatable bonds is 2. The largest absolute Gasteiger partial charge is 0.328 e. The summed E-state index contributed by atoms with van der Waals surface area (Å²) in [4.78, 5) is 16.7. The summed E-state index contributed by atoms with van der Waals surface area (Å²) in [5, 5.41) is 0. The van der Waals surface area contributed by atoms with Crippen molar-refractivity contribution in [3.63, 3.8) is 0 Å². The second-order valence-electron chi connectivity index (χ2n) is 3.79. The van der Waals surface area contributed by atoms with E-state index in [0.29, 0.717) is 0 Å². The zero-order valence-electron chi connectivity index (χ0n) is 8.16. The molecule has 0 bridgehead atoms. The summed E-state index contributed by atoms with van der Waals surface area (Å²) in [5.74, 6) is 1.42. The van der Waals surface area contributed by atoms with Crippen LogP contribution in [0.4, 0.5) is 0 Å². The normalized spacial score (nSPS) is 19.0. The van der Waals surface area contributed by atoms with E-state index in [1.54, 1.807) is 0 Å². The van der Waals surface area contributed by atoms with Gasteiger partial charge in [-0.1, -0.05) is 20.8 Å². The molecule has 3 nitrogen and oxygen atoms in total. The van der Waals surface area contributed by atoms with Crippen LogP contribution >= 0.6 is 8.60 Å². The van der Waals surface area contributed by atoms with Gasteiger partial charge in [0.2, 0.25) is 0 Å². The predicted molar refractivity (Wildman–Crippen MR) is 50.3 cm³/mol. The Balaban J connectivity index is 0.000000261. The third-order valence-corrected chi connectivity index (χ3v) is 1.86. The molecule has 0 aromatic carbocycles. The van der Waals surface area contributed by atoms with E-state index < -0.39 is 8.60 Å². The second-order valence-corrected chi connectivity index (χ2v) is 4.48. The Bertz CT molecular complexity index is 119. The summed E-state index contributed by atoms with van der Waals surface area (Å²) in [6.45, 7) is 8.12. The van der Waals surface area contributed by atoms with Gasteiger partial charge in [0.25, 0.3) is 0 Å². The van der Waals surface area contributed by atoms with Gasteiger partial charge in [-0.3, -0.25) is 0 Å². The molecule has 0 aliphatic heterocycles. The van der Waals surface area contributed by atoms with Gasteiger partial charge >= 0.3 is 8.60 Å². The van der Waals surface area contributed by atoms with Crippen LogP contribution in [0.1, 0.15) is 40.5 Å². The van der Waals surface area contributed by atoms with Crippen LogP contribution in [-0.2, 0) is 4.52 Å². The first-order valence-corrected chi connectivity index (χ1v) is 5.16. The SMILES string of the molecule is CC1(OP(O)O)CC1.C[C](C)C. The van der Waals surface area contributed by atoms with E-state index in [0.717, 1.165) is 12.8 Å². The van der Waals surface area contributed by atoms with E-state index in [1.807, 2.05) is 6.92 Å². The van der Waals surface area contributed by atoms with Crippen LogP contribution in [0.25, 0.3) is 0 Å². The van der Waals surface area contributed by atoms with Gasteiger partial charge in [-0.25, -0.2) is 0 Å². The Morgan fingerprint density at radius 2 is 1.58 bits per heavy atom. The van der Waals surface area contributed by atoms with Crippen molar-refractivity contribution in [1.82, 2.24) is 0 Å². The van der Waals surface area contributed by atoms with Crippen LogP contribution in [0.15, 0.2) is 0 Å². The van der Waals surface area contributed by atoms with Crippen molar-refractivity contribution in [3.05, 3.63) is 5.92 Å². The molecule has 1 saturated carbocycles. The summed E-state index contributed by atoms with van der Waals surface area (Å²) in [5.41, 5.74) is -0.199. The van der Waals surface area contributed by atoms with Gasteiger partial charge in [-0.15, -0.1) is 0 Å². The van der Waals surface area contributed by atoms with Crippen molar-refractivity contribution in [3.8, 4) is 0 Å². The number of hydrogen-bond donors (Lipinski definition) is 2. The van der Waals surface area contributed by atoms with Gasteiger partial charge in [-0.05, 0) is 25.7 Å². The molecular formula is C8H18O3P. The summed E-state index contributed by atoms with van der Waals surface area (Å²) in [7, 11) is -2.13. The van der Waals surface area contributed by atoms with Gasteiger partial charge in [0.1, 0.15) is 0 Å². The first-order chi connectivity index (χ1) is 5.36. The van der Waals surface area contributed by atoms with Crippen LogP contribution < -0.4 is 0 Å². The Morgan fingerprint density at radius 1 is 1.25 bits per heavy atom. The van der Waals surface area contributed by atoms with Crippen LogP contribution in [0.5, 0.6) is 0 Å². The maximum absolute atomic E-state index is 8.33. The van der Waals surface area contributed by atoms with Crippen molar-refractivity contribution < 1.29 is 14.3 Å². The summed E-state index contributed by atoms with van der Waals surface area (Å²) >= 11 is 0. The highest BCUT2D eigenvalue weighted by Crippen LogP contribution is 2.47. The first-order valence-electron chi connectivity index (χ1n) is 3.99. The minimum atomic E-state index is -2.13. The lowest BCUT2D eigenvalue weighted by Gasteiger charge is -2.08. The molecule has 1 radical (unpaired) electrons. The molecule has 0 unspecified atom stereocenters. The monoisotopic (exact) mass is 193 g/mol. The maximum Gasteiger partial charge on any atom is 0.327 e. The van der Waals surface area contributed by atoms with Crippen LogP contribution in [0.2, 0.25) is 0 Å². The van der Waals surface area contributed by atoms with E-state index in [1.165, 1.54) is 5.92 Å². The molecule has 12 heavy (non-hydrogen) atoms. The third-order valence-electron chi connectivity index (χ3n) is 1.26. The zero-order valence-corrected chi connectivity index (χ0v) is 9.06. The van der Waals surface area contributed by atoms with Crippen LogP contribution in [-0.4, -0.2) is 15.4 Å². The molecule has 0 saturated heterocycles. The molecule has 0 atom stereocenters. The summed E-state index contributed by atoms with van der Waals surface area (Å²) in [6, 6.07) is 0. The zero-order chi connectivity index (χ0) is 9.78. The lowest BCUT2D eigenvalue weighted by atomic mass is 10.3. The minimum Gasteiger partial charge on any atom is -0.328 e. The summed E-state index contributed by atoms with van der Waals surface area (Å²) in [6.07, 6.45) is 1.90. The van der Waals surface area contributed by atoms with Crippen molar-refractivity contribution >= 4 is 8.60 Å². The Hall–Kier alpha value is 0.310. The van der Waals surface area contributed by atoms with E-state index in [4.69, 9.17) is 14.3 Å². The highest BCUT2D eigenvalue weighted by atomic mass is 31.2. The molecule has 0 aromatic heterocycles. The third kappa shape index (κ3) is 8.41. The fourth-order valence-corrected chi connectivity index (χ4v) is 1.04.